The molecule has 0 N–H and O–H groups in total. The van der Waals surface area contributed by atoms with Gasteiger partial charge in [0.15, 0.2) is 0 Å². The van der Waals surface area contributed by atoms with Gasteiger partial charge >= 0.3 is 0 Å². The molecule has 0 aliphatic heterocycles. The third-order valence-corrected chi connectivity index (χ3v) is 6.40. The van der Waals surface area contributed by atoms with Crippen LogP contribution in [-0.4, -0.2) is 32.0 Å². The molecule has 9 heteroatoms. The summed E-state index contributed by atoms with van der Waals surface area (Å²) in [7, 11) is 0. The van der Waals surface area contributed by atoms with Crippen LogP contribution in [0.2, 0.25) is 5.02 Å². The van der Waals surface area contributed by atoms with Gasteiger partial charge in [-0.25, -0.2) is 9.37 Å². The van der Waals surface area contributed by atoms with Gasteiger partial charge < -0.3 is 9.32 Å². The first-order chi connectivity index (χ1) is 16.1. The summed E-state index contributed by atoms with van der Waals surface area (Å²) >= 11 is 7.65. The molecule has 1 saturated carbocycles. The first-order valence-corrected chi connectivity index (χ1v) is 11.6. The van der Waals surface area contributed by atoms with Crippen molar-refractivity contribution < 1.29 is 13.6 Å². The van der Waals surface area contributed by atoms with Gasteiger partial charge in [0.05, 0.1) is 22.8 Å². The van der Waals surface area contributed by atoms with Gasteiger partial charge in [0, 0.05) is 23.1 Å². The summed E-state index contributed by atoms with van der Waals surface area (Å²) in [5.74, 6) is 0.240. The van der Waals surface area contributed by atoms with Gasteiger partial charge in [0.25, 0.3) is 0 Å². The number of thiazole rings is 1. The third-order valence-electron chi connectivity index (χ3n) is 5.16. The second kappa shape index (κ2) is 9.25. The number of halogens is 2. The van der Waals surface area contributed by atoms with Crippen molar-refractivity contribution in [2.75, 3.05) is 0 Å². The second-order valence-electron chi connectivity index (χ2n) is 7.60. The van der Waals surface area contributed by atoms with Crippen LogP contribution in [-0.2, 0) is 11.3 Å². The van der Waals surface area contributed by atoms with E-state index in [4.69, 9.17) is 16.0 Å². The lowest BCUT2D eigenvalue weighted by molar-refractivity contribution is -0.127. The molecule has 1 amide bonds. The van der Waals surface area contributed by atoms with Crippen LogP contribution in [0.3, 0.4) is 0 Å². The number of nitrogens with zero attached hydrogens (tertiary/aromatic N) is 4. The Morgan fingerprint density at radius 1 is 1.18 bits per heavy atom. The van der Waals surface area contributed by atoms with Crippen molar-refractivity contribution >= 4 is 34.9 Å². The molecule has 1 fully saturated rings. The minimum absolute atomic E-state index is 0.147. The van der Waals surface area contributed by atoms with Gasteiger partial charge in [-0.05, 0) is 55.3 Å². The predicted molar refractivity (Wildman–Crippen MR) is 125 cm³/mol. The minimum Gasteiger partial charge on any atom is -0.419 e. The van der Waals surface area contributed by atoms with Crippen LogP contribution in [0.15, 0.2) is 64.4 Å². The van der Waals surface area contributed by atoms with Crippen molar-refractivity contribution in [1.29, 1.82) is 0 Å². The molecule has 0 saturated heterocycles. The van der Waals surface area contributed by atoms with Crippen LogP contribution in [0.25, 0.3) is 28.1 Å². The fourth-order valence-corrected chi connectivity index (χ4v) is 4.33. The lowest BCUT2D eigenvalue weighted by atomic mass is 10.2. The van der Waals surface area contributed by atoms with E-state index in [1.165, 1.54) is 29.5 Å². The summed E-state index contributed by atoms with van der Waals surface area (Å²) in [6, 6.07) is 13.6. The number of carbonyl (C=O) groups excluding carboxylic acids is 1. The summed E-state index contributed by atoms with van der Waals surface area (Å²) in [5.41, 5.74) is 2.16. The summed E-state index contributed by atoms with van der Waals surface area (Å²) in [6.07, 6.45) is 5.07. The second-order valence-corrected chi connectivity index (χ2v) is 8.86. The highest BCUT2D eigenvalue weighted by molar-refractivity contribution is 7.13. The van der Waals surface area contributed by atoms with Gasteiger partial charge in [-0.1, -0.05) is 23.7 Å². The molecule has 0 radical (unpaired) electrons. The molecule has 2 heterocycles. The van der Waals surface area contributed by atoms with E-state index in [9.17, 15) is 9.18 Å². The van der Waals surface area contributed by atoms with Crippen molar-refractivity contribution in [3.05, 3.63) is 82.4 Å². The van der Waals surface area contributed by atoms with E-state index in [0.29, 0.717) is 28.1 Å². The summed E-state index contributed by atoms with van der Waals surface area (Å²) in [6.45, 7) is 0.225. The number of rotatable bonds is 7. The fraction of sp³-hybridized carbons (Fsp3) is 0.167. The molecule has 4 aromatic rings. The lowest BCUT2D eigenvalue weighted by Crippen LogP contribution is -2.31. The zero-order valence-corrected chi connectivity index (χ0v) is 18.9. The topological polar surface area (TPSA) is 72.1 Å². The Morgan fingerprint density at radius 3 is 2.73 bits per heavy atom. The predicted octanol–water partition coefficient (Wildman–Crippen LogP) is 5.86. The quantitative estimate of drug-likeness (QED) is 0.310. The van der Waals surface area contributed by atoms with E-state index in [2.05, 4.69) is 15.2 Å². The number of hydrogen-bond acceptors (Lipinski definition) is 6. The van der Waals surface area contributed by atoms with Crippen molar-refractivity contribution in [3.8, 4) is 22.0 Å². The molecule has 1 aliphatic carbocycles. The highest BCUT2D eigenvalue weighted by Crippen LogP contribution is 2.31. The van der Waals surface area contributed by atoms with Gasteiger partial charge in [0.2, 0.25) is 17.7 Å². The Bertz CT molecular complexity index is 1310. The lowest BCUT2D eigenvalue weighted by Gasteiger charge is -2.18. The molecule has 2 aromatic carbocycles. The molecule has 0 atom stereocenters. The zero-order valence-electron chi connectivity index (χ0n) is 17.3. The van der Waals surface area contributed by atoms with E-state index in [1.54, 1.807) is 35.2 Å². The average molecular weight is 481 g/mol. The Morgan fingerprint density at radius 2 is 1.97 bits per heavy atom. The van der Waals surface area contributed by atoms with Crippen LogP contribution >= 0.6 is 22.9 Å². The summed E-state index contributed by atoms with van der Waals surface area (Å²) in [5, 5.41) is 11.3. The molecule has 0 spiro atoms. The maximum Gasteiger partial charge on any atom is 0.249 e. The molecule has 1 aliphatic rings. The van der Waals surface area contributed by atoms with Gasteiger partial charge in [-0.2, -0.15) is 0 Å². The molecule has 6 nitrogen and oxygen atoms in total. The van der Waals surface area contributed by atoms with Crippen LogP contribution in [0.1, 0.15) is 24.4 Å². The van der Waals surface area contributed by atoms with Gasteiger partial charge in [-0.3, -0.25) is 4.79 Å². The number of aromatic nitrogens is 3. The SMILES string of the molecule is O=C(/C=C/c1csc(-c2ccc(F)cc2)n1)N(Cc1nnc(-c2ccccc2Cl)o1)C1CC1. The Hall–Kier alpha value is -3.36. The molecule has 5 rings (SSSR count). The van der Waals surface area contributed by atoms with Crippen molar-refractivity contribution in [2.45, 2.75) is 25.4 Å². The maximum atomic E-state index is 13.1. The molecule has 33 heavy (non-hydrogen) atoms. The molecule has 166 valence electrons. The zero-order chi connectivity index (χ0) is 22.8. The van der Waals surface area contributed by atoms with Crippen molar-refractivity contribution in [1.82, 2.24) is 20.1 Å². The van der Waals surface area contributed by atoms with Crippen LogP contribution in [0.5, 0.6) is 0 Å². The van der Waals surface area contributed by atoms with Crippen LogP contribution in [0.4, 0.5) is 4.39 Å². The number of hydrogen-bond donors (Lipinski definition) is 0. The molecule has 0 unspecified atom stereocenters. The van der Waals surface area contributed by atoms with Crippen LogP contribution < -0.4 is 0 Å². The van der Waals surface area contributed by atoms with E-state index in [-0.39, 0.29) is 24.3 Å². The molecular formula is C24H18ClFN4O2S. The largest absolute Gasteiger partial charge is 0.419 e. The molecule has 0 bridgehead atoms. The van der Waals surface area contributed by atoms with Gasteiger partial charge in [0.1, 0.15) is 10.8 Å². The summed E-state index contributed by atoms with van der Waals surface area (Å²) in [4.78, 5) is 19.2. The first-order valence-electron chi connectivity index (χ1n) is 10.3. The maximum absolute atomic E-state index is 13.1. The van der Waals surface area contributed by atoms with E-state index < -0.39 is 0 Å². The smallest absolute Gasteiger partial charge is 0.249 e. The number of carbonyl (C=O) groups is 1. The molecule has 2 aromatic heterocycles. The number of benzene rings is 2. The highest BCUT2D eigenvalue weighted by atomic mass is 35.5. The standard InChI is InChI=1S/C24H18ClFN4O2S/c25-20-4-2-1-3-19(20)23-29-28-21(32-23)13-30(18-10-11-18)22(31)12-9-17-14-33-24(27-17)15-5-7-16(26)8-6-15/h1-9,12,14,18H,10-11,13H2/b12-9+. The van der Waals surface area contributed by atoms with E-state index in [1.807, 2.05) is 17.5 Å². The van der Waals surface area contributed by atoms with Crippen molar-refractivity contribution in [2.24, 2.45) is 0 Å². The fourth-order valence-electron chi connectivity index (χ4n) is 3.32. The van der Waals surface area contributed by atoms with E-state index >= 15 is 0 Å². The normalized spacial score (nSPS) is 13.5. The third kappa shape index (κ3) is 5.02. The first kappa shape index (κ1) is 21.5. The van der Waals surface area contributed by atoms with Crippen LogP contribution in [0, 0.1) is 5.82 Å². The minimum atomic E-state index is -0.290. The highest BCUT2D eigenvalue weighted by Gasteiger charge is 2.33. The van der Waals surface area contributed by atoms with Crippen molar-refractivity contribution in [3.63, 3.8) is 0 Å². The monoisotopic (exact) mass is 480 g/mol. The average Bonchev–Trinajstić information content (AvgIpc) is 3.36. The Balaban J connectivity index is 1.28. The number of amides is 1. The van der Waals surface area contributed by atoms with E-state index in [0.717, 1.165) is 23.4 Å². The Kier molecular flexibility index (Phi) is 6.02. The van der Waals surface area contributed by atoms with Gasteiger partial charge in [-0.15, -0.1) is 21.5 Å². The molecular weight excluding hydrogens is 463 g/mol. The summed E-state index contributed by atoms with van der Waals surface area (Å²) < 4.78 is 18.9. The Labute approximate surface area is 198 Å².